The highest BCUT2D eigenvalue weighted by molar-refractivity contribution is 6.07. The number of nitrogens with one attached hydrogen (secondary N) is 1. The van der Waals surface area contributed by atoms with Gasteiger partial charge in [0.2, 0.25) is 0 Å². The highest BCUT2D eigenvalue weighted by atomic mass is 16.2. The summed E-state index contributed by atoms with van der Waals surface area (Å²) < 4.78 is 0. The number of rotatable bonds is 7. The first kappa shape index (κ1) is 16.5. The average molecular weight is 303 g/mol. The molecule has 2 rings (SSSR count). The summed E-state index contributed by atoms with van der Waals surface area (Å²) in [6, 6.07) is 7.63. The molecule has 1 atom stereocenters. The lowest BCUT2D eigenvalue weighted by atomic mass is 9.86. The van der Waals surface area contributed by atoms with Crippen LogP contribution in [0.25, 0.3) is 0 Å². The lowest BCUT2D eigenvalue weighted by Crippen LogP contribution is -2.43. The molecule has 1 saturated heterocycles. The van der Waals surface area contributed by atoms with Crippen LogP contribution < -0.4 is 11.1 Å². The van der Waals surface area contributed by atoms with E-state index in [0.29, 0.717) is 19.5 Å². The summed E-state index contributed by atoms with van der Waals surface area (Å²) in [6.45, 7) is 5.01. The first-order valence-electron chi connectivity index (χ1n) is 8.02. The smallest absolute Gasteiger partial charge is 0.325 e. The Labute approximate surface area is 131 Å². The standard InChI is InChI=1S/C17H25N3O2/c1-3-13-7-9-14(10-8-13)17(4-2)15(21)20(16(22)19-17)12-6-5-11-18/h7-10H,3-6,11-12,18H2,1-2H3,(H,19,22). The van der Waals surface area contributed by atoms with E-state index in [-0.39, 0.29) is 11.9 Å². The van der Waals surface area contributed by atoms with Crippen LogP contribution in [0.2, 0.25) is 0 Å². The number of nitrogens with two attached hydrogens (primary N) is 1. The predicted octanol–water partition coefficient (Wildman–Crippen LogP) is 2.14. The Morgan fingerprint density at radius 1 is 1.14 bits per heavy atom. The van der Waals surface area contributed by atoms with Gasteiger partial charge in [-0.25, -0.2) is 4.79 Å². The molecular weight excluding hydrogens is 278 g/mol. The van der Waals surface area contributed by atoms with E-state index in [9.17, 15) is 9.59 Å². The molecule has 1 unspecified atom stereocenters. The van der Waals surface area contributed by atoms with E-state index < -0.39 is 5.54 Å². The molecule has 1 aliphatic heterocycles. The molecule has 1 heterocycles. The fraction of sp³-hybridized carbons (Fsp3) is 0.529. The zero-order valence-corrected chi connectivity index (χ0v) is 13.4. The molecule has 0 saturated carbocycles. The minimum atomic E-state index is -0.925. The number of hydrogen-bond donors (Lipinski definition) is 2. The molecule has 0 aromatic heterocycles. The lowest BCUT2D eigenvalue weighted by molar-refractivity contribution is -0.131. The second-order valence-corrected chi connectivity index (χ2v) is 5.69. The van der Waals surface area contributed by atoms with Crippen LogP contribution in [-0.2, 0) is 16.8 Å². The summed E-state index contributed by atoms with van der Waals surface area (Å²) >= 11 is 0. The summed E-state index contributed by atoms with van der Waals surface area (Å²) in [7, 11) is 0. The van der Waals surface area contributed by atoms with Crippen LogP contribution in [-0.4, -0.2) is 29.9 Å². The van der Waals surface area contributed by atoms with Crippen molar-refractivity contribution in [3.63, 3.8) is 0 Å². The maximum atomic E-state index is 12.8. The van der Waals surface area contributed by atoms with Crippen molar-refractivity contribution in [3.8, 4) is 0 Å². The van der Waals surface area contributed by atoms with Gasteiger partial charge < -0.3 is 11.1 Å². The number of imide groups is 1. The van der Waals surface area contributed by atoms with Crippen LogP contribution in [0, 0.1) is 0 Å². The predicted molar refractivity (Wildman–Crippen MR) is 86.3 cm³/mol. The molecule has 3 N–H and O–H groups in total. The van der Waals surface area contributed by atoms with Crippen LogP contribution in [0.15, 0.2) is 24.3 Å². The van der Waals surface area contributed by atoms with Crippen molar-refractivity contribution in [3.05, 3.63) is 35.4 Å². The van der Waals surface area contributed by atoms with Gasteiger partial charge in [0.1, 0.15) is 5.54 Å². The maximum Gasteiger partial charge on any atom is 0.325 e. The molecule has 0 aliphatic carbocycles. The molecule has 120 valence electrons. The third-order valence-corrected chi connectivity index (χ3v) is 4.40. The normalized spacial score (nSPS) is 21.3. The van der Waals surface area contributed by atoms with Crippen molar-refractivity contribution >= 4 is 11.9 Å². The highest BCUT2D eigenvalue weighted by Gasteiger charge is 2.50. The molecule has 1 aliphatic rings. The number of nitrogens with zero attached hydrogens (tertiary/aromatic N) is 1. The van der Waals surface area contributed by atoms with Crippen molar-refractivity contribution in [2.24, 2.45) is 5.73 Å². The molecule has 1 aromatic rings. The van der Waals surface area contributed by atoms with Crippen LogP contribution in [0.1, 0.15) is 44.2 Å². The van der Waals surface area contributed by atoms with E-state index in [2.05, 4.69) is 12.2 Å². The van der Waals surface area contributed by atoms with Crippen molar-refractivity contribution in [1.29, 1.82) is 0 Å². The molecule has 5 heteroatoms. The van der Waals surface area contributed by atoms with E-state index in [1.807, 2.05) is 31.2 Å². The van der Waals surface area contributed by atoms with Gasteiger partial charge in [0, 0.05) is 6.54 Å². The molecule has 5 nitrogen and oxygen atoms in total. The first-order chi connectivity index (χ1) is 10.6. The summed E-state index contributed by atoms with van der Waals surface area (Å²) in [5, 5.41) is 2.90. The molecule has 0 radical (unpaired) electrons. The number of aryl methyl sites for hydroxylation is 1. The average Bonchev–Trinajstić information content (AvgIpc) is 2.80. The van der Waals surface area contributed by atoms with Gasteiger partial charge in [0.15, 0.2) is 0 Å². The monoisotopic (exact) mass is 303 g/mol. The van der Waals surface area contributed by atoms with Gasteiger partial charge in [-0.2, -0.15) is 0 Å². The Balaban J connectivity index is 2.25. The lowest BCUT2D eigenvalue weighted by Gasteiger charge is -2.26. The topological polar surface area (TPSA) is 75.4 Å². The van der Waals surface area contributed by atoms with Crippen LogP contribution >= 0.6 is 0 Å². The summed E-state index contributed by atoms with van der Waals surface area (Å²) in [5.41, 5.74) is 6.62. The number of urea groups is 1. The van der Waals surface area contributed by atoms with Gasteiger partial charge >= 0.3 is 6.03 Å². The highest BCUT2D eigenvalue weighted by Crippen LogP contribution is 2.32. The molecule has 1 aromatic carbocycles. The Morgan fingerprint density at radius 3 is 2.36 bits per heavy atom. The summed E-state index contributed by atoms with van der Waals surface area (Å²) in [6.07, 6.45) is 3.03. The Bertz CT molecular complexity index is 541. The quantitative estimate of drug-likeness (QED) is 0.598. The SMILES string of the molecule is CCc1ccc(C2(CC)NC(=O)N(CCCCN)C2=O)cc1. The van der Waals surface area contributed by atoms with Gasteiger partial charge in [0.05, 0.1) is 0 Å². The molecule has 3 amide bonds. The van der Waals surface area contributed by atoms with Crippen molar-refractivity contribution in [2.45, 2.75) is 45.1 Å². The number of carbonyl (C=O) groups excluding carboxylic acids is 2. The number of amides is 3. The largest absolute Gasteiger partial charge is 0.330 e. The van der Waals surface area contributed by atoms with Crippen LogP contribution in [0.3, 0.4) is 0 Å². The zero-order chi connectivity index (χ0) is 16.2. The van der Waals surface area contributed by atoms with Gasteiger partial charge in [-0.1, -0.05) is 38.1 Å². The Kier molecular flexibility index (Phi) is 5.19. The number of hydrogen-bond acceptors (Lipinski definition) is 3. The molecular formula is C17H25N3O2. The number of carbonyl (C=O) groups is 2. The van der Waals surface area contributed by atoms with Gasteiger partial charge in [0.25, 0.3) is 5.91 Å². The number of benzene rings is 1. The second-order valence-electron chi connectivity index (χ2n) is 5.69. The van der Waals surface area contributed by atoms with E-state index in [4.69, 9.17) is 5.73 Å². The fourth-order valence-corrected chi connectivity index (χ4v) is 2.91. The second kappa shape index (κ2) is 6.92. The molecule has 0 bridgehead atoms. The molecule has 22 heavy (non-hydrogen) atoms. The third-order valence-electron chi connectivity index (χ3n) is 4.40. The van der Waals surface area contributed by atoms with Gasteiger partial charge in [-0.3, -0.25) is 9.69 Å². The minimum Gasteiger partial charge on any atom is -0.330 e. The first-order valence-corrected chi connectivity index (χ1v) is 8.02. The summed E-state index contributed by atoms with van der Waals surface area (Å²) in [5.74, 6) is -0.152. The van der Waals surface area contributed by atoms with Crippen molar-refractivity contribution in [2.75, 3.05) is 13.1 Å². The number of unbranched alkanes of at least 4 members (excludes halogenated alkanes) is 1. The zero-order valence-electron chi connectivity index (χ0n) is 13.4. The Hall–Kier alpha value is -1.88. The Morgan fingerprint density at radius 2 is 1.82 bits per heavy atom. The maximum absolute atomic E-state index is 12.8. The molecule has 0 spiro atoms. The molecule has 1 fully saturated rings. The fourth-order valence-electron chi connectivity index (χ4n) is 2.91. The van der Waals surface area contributed by atoms with Gasteiger partial charge in [-0.15, -0.1) is 0 Å². The third kappa shape index (κ3) is 2.86. The van der Waals surface area contributed by atoms with Crippen LogP contribution in [0.4, 0.5) is 4.79 Å². The van der Waals surface area contributed by atoms with E-state index in [0.717, 1.165) is 24.8 Å². The van der Waals surface area contributed by atoms with Crippen LogP contribution in [0.5, 0.6) is 0 Å². The van der Waals surface area contributed by atoms with E-state index in [1.54, 1.807) is 0 Å². The van der Waals surface area contributed by atoms with E-state index in [1.165, 1.54) is 10.5 Å². The van der Waals surface area contributed by atoms with E-state index >= 15 is 0 Å². The van der Waals surface area contributed by atoms with Crippen molar-refractivity contribution < 1.29 is 9.59 Å². The van der Waals surface area contributed by atoms with Gasteiger partial charge in [-0.05, 0) is 43.4 Å². The summed E-state index contributed by atoms with van der Waals surface area (Å²) in [4.78, 5) is 26.4. The van der Waals surface area contributed by atoms with Crippen molar-refractivity contribution in [1.82, 2.24) is 10.2 Å². The minimum absolute atomic E-state index is 0.152.